The predicted octanol–water partition coefficient (Wildman–Crippen LogP) is 5.09. The molecule has 0 N–H and O–H groups in total. The second-order valence-corrected chi connectivity index (χ2v) is 6.16. The fourth-order valence-electron chi connectivity index (χ4n) is 2.65. The average molecular weight is 287 g/mol. The second kappa shape index (κ2) is 5.49. The summed E-state index contributed by atoms with van der Waals surface area (Å²) in [7, 11) is 0. The van der Waals surface area contributed by atoms with Gasteiger partial charge in [0.25, 0.3) is 0 Å². The largest absolute Gasteiger partial charge is 0.488 e. The van der Waals surface area contributed by atoms with Gasteiger partial charge in [-0.2, -0.15) is 0 Å². The van der Waals surface area contributed by atoms with Gasteiger partial charge in [0.15, 0.2) is 0 Å². The summed E-state index contributed by atoms with van der Waals surface area (Å²) in [6.07, 6.45) is 0.912. The van der Waals surface area contributed by atoms with Crippen molar-refractivity contribution in [2.45, 2.75) is 37.7 Å². The molecule has 0 saturated carbocycles. The Labute approximate surface area is 125 Å². The van der Waals surface area contributed by atoms with E-state index in [4.69, 9.17) is 16.3 Å². The highest BCUT2D eigenvalue weighted by molar-refractivity contribution is 6.21. The minimum absolute atomic E-state index is 0.0268. The van der Waals surface area contributed by atoms with Gasteiger partial charge in [0.1, 0.15) is 11.9 Å². The first kappa shape index (κ1) is 13.5. The standard InChI is InChI=1S/C18H19ClO/c1-12(2)13-7-9-14(10-8-13)18(19)17-11-15-5-3-4-6-16(15)20-17/h3-10,12,17-18H,11H2,1-2H3. The highest BCUT2D eigenvalue weighted by Gasteiger charge is 2.29. The molecule has 0 spiro atoms. The number of hydrogen-bond acceptors (Lipinski definition) is 1. The first-order valence-electron chi connectivity index (χ1n) is 7.13. The van der Waals surface area contributed by atoms with Gasteiger partial charge >= 0.3 is 0 Å². The van der Waals surface area contributed by atoms with Gasteiger partial charge < -0.3 is 4.74 Å². The van der Waals surface area contributed by atoms with Crippen LogP contribution in [0.1, 0.15) is 41.8 Å². The summed E-state index contributed by atoms with van der Waals surface area (Å²) in [5.41, 5.74) is 3.73. The molecule has 104 valence electrons. The number of alkyl halides is 1. The molecule has 1 heterocycles. The Morgan fingerprint density at radius 3 is 2.30 bits per heavy atom. The molecule has 1 aliphatic heterocycles. The molecule has 1 aliphatic rings. The fourth-order valence-corrected chi connectivity index (χ4v) is 2.94. The Morgan fingerprint density at radius 2 is 1.65 bits per heavy atom. The summed E-state index contributed by atoms with van der Waals surface area (Å²) in [5, 5.41) is -0.108. The zero-order valence-electron chi connectivity index (χ0n) is 11.8. The molecule has 2 heteroatoms. The van der Waals surface area contributed by atoms with Crippen molar-refractivity contribution in [3.63, 3.8) is 0 Å². The van der Waals surface area contributed by atoms with Crippen LogP contribution >= 0.6 is 11.6 Å². The molecule has 1 nitrogen and oxygen atoms in total. The SMILES string of the molecule is CC(C)c1ccc(C(Cl)C2Cc3ccccc3O2)cc1. The van der Waals surface area contributed by atoms with E-state index in [1.807, 2.05) is 18.2 Å². The van der Waals surface area contributed by atoms with E-state index < -0.39 is 0 Å². The molecule has 0 bridgehead atoms. The van der Waals surface area contributed by atoms with Gasteiger partial charge in [0.05, 0.1) is 5.38 Å². The van der Waals surface area contributed by atoms with Crippen LogP contribution in [-0.2, 0) is 6.42 Å². The average Bonchev–Trinajstić information content (AvgIpc) is 2.90. The minimum atomic E-state index is -0.108. The monoisotopic (exact) mass is 286 g/mol. The lowest BCUT2D eigenvalue weighted by molar-refractivity contribution is 0.227. The van der Waals surface area contributed by atoms with E-state index >= 15 is 0 Å². The summed E-state index contributed by atoms with van der Waals surface area (Å²) in [4.78, 5) is 0. The summed E-state index contributed by atoms with van der Waals surface area (Å²) in [6.45, 7) is 4.40. The Morgan fingerprint density at radius 1 is 1.00 bits per heavy atom. The van der Waals surface area contributed by atoms with Crippen molar-refractivity contribution in [1.29, 1.82) is 0 Å². The van der Waals surface area contributed by atoms with Gasteiger partial charge in [-0.15, -0.1) is 11.6 Å². The van der Waals surface area contributed by atoms with Crippen LogP contribution in [0.2, 0.25) is 0 Å². The van der Waals surface area contributed by atoms with Crippen LogP contribution in [0.25, 0.3) is 0 Å². The Hall–Kier alpha value is -1.47. The van der Waals surface area contributed by atoms with Crippen LogP contribution < -0.4 is 4.74 Å². The van der Waals surface area contributed by atoms with Crippen molar-refractivity contribution >= 4 is 11.6 Å². The van der Waals surface area contributed by atoms with Gasteiger partial charge in [-0.05, 0) is 28.7 Å². The van der Waals surface area contributed by atoms with Gasteiger partial charge in [-0.3, -0.25) is 0 Å². The second-order valence-electron chi connectivity index (χ2n) is 5.69. The maximum absolute atomic E-state index is 6.61. The van der Waals surface area contributed by atoms with Gasteiger partial charge in [-0.1, -0.05) is 56.3 Å². The van der Waals surface area contributed by atoms with Crippen molar-refractivity contribution < 1.29 is 4.74 Å². The van der Waals surface area contributed by atoms with Crippen molar-refractivity contribution in [1.82, 2.24) is 0 Å². The third-order valence-electron chi connectivity index (χ3n) is 3.92. The van der Waals surface area contributed by atoms with Crippen LogP contribution in [0.15, 0.2) is 48.5 Å². The van der Waals surface area contributed by atoms with Crippen LogP contribution in [0.5, 0.6) is 5.75 Å². The summed E-state index contributed by atoms with van der Waals surface area (Å²) >= 11 is 6.61. The minimum Gasteiger partial charge on any atom is -0.488 e. The number of fused-ring (bicyclic) bond motifs is 1. The van der Waals surface area contributed by atoms with Gasteiger partial charge in [0, 0.05) is 6.42 Å². The molecule has 2 atom stereocenters. The Bertz CT molecular complexity index is 564. The topological polar surface area (TPSA) is 9.23 Å². The summed E-state index contributed by atoms with van der Waals surface area (Å²) < 4.78 is 5.97. The third-order valence-corrected chi connectivity index (χ3v) is 4.45. The molecule has 2 aromatic rings. The van der Waals surface area contributed by atoms with Gasteiger partial charge in [-0.25, -0.2) is 0 Å². The molecule has 2 aromatic carbocycles. The normalized spacial score (nSPS) is 18.7. The van der Waals surface area contributed by atoms with Crippen molar-refractivity contribution in [2.24, 2.45) is 0 Å². The maximum atomic E-state index is 6.61. The number of hydrogen-bond donors (Lipinski definition) is 0. The molecule has 2 unspecified atom stereocenters. The lowest BCUT2D eigenvalue weighted by Crippen LogP contribution is -2.19. The molecule has 3 rings (SSSR count). The number of benzene rings is 2. The molecule has 0 saturated heterocycles. The molecule has 0 aromatic heterocycles. The van der Waals surface area contributed by atoms with Crippen LogP contribution in [0.3, 0.4) is 0 Å². The number of rotatable bonds is 3. The molecule has 0 fully saturated rings. The fraction of sp³-hybridized carbons (Fsp3) is 0.333. The van der Waals surface area contributed by atoms with E-state index in [-0.39, 0.29) is 11.5 Å². The van der Waals surface area contributed by atoms with Crippen LogP contribution in [-0.4, -0.2) is 6.10 Å². The molecule has 0 radical (unpaired) electrons. The lowest BCUT2D eigenvalue weighted by Gasteiger charge is -2.18. The molecular weight excluding hydrogens is 268 g/mol. The van der Waals surface area contributed by atoms with Crippen LogP contribution in [0.4, 0.5) is 0 Å². The molecule has 20 heavy (non-hydrogen) atoms. The van der Waals surface area contributed by atoms with Gasteiger partial charge in [0.2, 0.25) is 0 Å². The number of ether oxygens (including phenoxy) is 1. The highest BCUT2D eigenvalue weighted by Crippen LogP contribution is 2.37. The first-order chi connectivity index (χ1) is 9.65. The summed E-state index contributed by atoms with van der Waals surface area (Å²) in [6, 6.07) is 16.8. The zero-order chi connectivity index (χ0) is 14.1. The Kier molecular flexibility index (Phi) is 3.71. The van der Waals surface area contributed by atoms with Crippen molar-refractivity contribution in [3.05, 3.63) is 65.2 Å². The van der Waals surface area contributed by atoms with Crippen molar-refractivity contribution in [3.8, 4) is 5.75 Å². The molecular formula is C18H19ClO. The smallest absolute Gasteiger partial charge is 0.123 e. The maximum Gasteiger partial charge on any atom is 0.123 e. The van der Waals surface area contributed by atoms with E-state index in [1.54, 1.807) is 0 Å². The van der Waals surface area contributed by atoms with E-state index in [2.05, 4.69) is 44.2 Å². The highest BCUT2D eigenvalue weighted by atomic mass is 35.5. The van der Waals surface area contributed by atoms with E-state index in [0.717, 1.165) is 17.7 Å². The summed E-state index contributed by atoms with van der Waals surface area (Å²) in [5.74, 6) is 1.52. The zero-order valence-corrected chi connectivity index (χ0v) is 12.6. The van der Waals surface area contributed by atoms with E-state index in [1.165, 1.54) is 11.1 Å². The van der Waals surface area contributed by atoms with Crippen LogP contribution in [0, 0.1) is 0 Å². The predicted molar refractivity (Wildman–Crippen MR) is 83.7 cm³/mol. The first-order valence-corrected chi connectivity index (χ1v) is 7.57. The lowest BCUT2D eigenvalue weighted by atomic mass is 9.98. The molecule has 0 aliphatic carbocycles. The number of halogens is 1. The van der Waals surface area contributed by atoms with E-state index in [0.29, 0.717) is 5.92 Å². The number of para-hydroxylation sites is 1. The quantitative estimate of drug-likeness (QED) is 0.714. The Balaban J connectivity index is 1.76. The van der Waals surface area contributed by atoms with Crippen molar-refractivity contribution in [2.75, 3.05) is 0 Å². The van der Waals surface area contributed by atoms with E-state index in [9.17, 15) is 0 Å². The third kappa shape index (κ3) is 2.55. The molecule has 0 amide bonds.